The van der Waals surface area contributed by atoms with Gasteiger partial charge in [-0.25, -0.2) is 9.78 Å². The quantitative estimate of drug-likeness (QED) is 0.156. The number of β-lactam (4-membered cyclic amide) rings is 1. The van der Waals surface area contributed by atoms with Gasteiger partial charge >= 0.3 is 5.97 Å². The van der Waals surface area contributed by atoms with Gasteiger partial charge in [0.1, 0.15) is 42.3 Å². The summed E-state index contributed by atoms with van der Waals surface area (Å²) < 4.78 is 10.6. The van der Waals surface area contributed by atoms with Crippen LogP contribution in [0, 0.1) is 0 Å². The smallest absolute Gasteiger partial charge is 0.355 e. The fourth-order valence-electron chi connectivity index (χ4n) is 3.62. The monoisotopic (exact) mass is 551 g/mol. The van der Waals surface area contributed by atoms with Gasteiger partial charge in [0.05, 0.1) is 7.11 Å². The number of anilines is 1. The number of esters is 1. The van der Waals surface area contributed by atoms with Crippen molar-refractivity contribution in [1.29, 1.82) is 0 Å². The lowest BCUT2D eigenvalue weighted by Gasteiger charge is -2.49. The van der Waals surface area contributed by atoms with Crippen LogP contribution in [0.15, 0.2) is 46.1 Å². The van der Waals surface area contributed by atoms with Crippen molar-refractivity contribution in [3.63, 3.8) is 0 Å². The number of fused-ring (bicyclic) bond motifs is 1. The SMILES string of the molecule is CON=C(C(=O)N[C@@H]1C(=O)N2C(C(=O)OCc3ccc(OC)cc3)=C(CCl)CS[C@@H]12)c1csc(N)n1. The first kappa shape index (κ1) is 25.8. The van der Waals surface area contributed by atoms with Crippen molar-refractivity contribution in [3.05, 3.63) is 52.2 Å². The molecule has 0 radical (unpaired) electrons. The van der Waals surface area contributed by atoms with Crippen LogP contribution >= 0.6 is 34.7 Å². The number of ether oxygens (including phenoxy) is 2. The zero-order valence-electron chi connectivity index (χ0n) is 19.2. The first-order valence-electron chi connectivity index (χ1n) is 10.5. The maximum atomic E-state index is 13.1. The fraction of sp³-hybridized carbons (Fsp3) is 0.318. The van der Waals surface area contributed by atoms with Crippen LogP contribution < -0.4 is 15.8 Å². The lowest BCUT2D eigenvalue weighted by Crippen LogP contribution is -2.71. The summed E-state index contributed by atoms with van der Waals surface area (Å²) in [5.74, 6) is -0.641. The lowest BCUT2D eigenvalue weighted by molar-refractivity contribution is -0.153. The molecule has 0 unspecified atom stereocenters. The van der Waals surface area contributed by atoms with Crippen molar-refractivity contribution in [2.75, 3.05) is 31.6 Å². The molecule has 1 saturated heterocycles. The highest BCUT2D eigenvalue weighted by molar-refractivity contribution is 8.00. The molecule has 190 valence electrons. The second-order valence-electron chi connectivity index (χ2n) is 7.56. The van der Waals surface area contributed by atoms with Crippen LogP contribution in [0.1, 0.15) is 11.3 Å². The van der Waals surface area contributed by atoms with E-state index in [4.69, 9.17) is 31.6 Å². The van der Waals surface area contributed by atoms with Crippen LogP contribution in [-0.4, -0.2) is 70.6 Å². The predicted molar refractivity (Wildman–Crippen MR) is 136 cm³/mol. The molecule has 1 aromatic carbocycles. The topological polar surface area (TPSA) is 145 Å². The number of alkyl halides is 1. The van der Waals surface area contributed by atoms with Crippen molar-refractivity contribution >= 4 is 63.3 Å². The Hall–Kier alpha value is -3.29. The number of nitrogens with one attached hydrogen (secondary N) is 1. The number of thiazole rings is 1. The van der Waals surface area contributed by atoms with Gasteiger partial charge in [-0.3, -0.25) is 14.5 Å². The van der Waals surface area contributed by atoms with E-state index in [0.717, 1.165) is 16.9 Å². The molecule has 2 atom stereocenters. The standard InChI is InChI=1S/C22H22ClN5O6S2/c1-32-13-5-3-11(4-6-13)8-34-21(31)17-12(7-23)9-35-20-16(19(30)28(17)20)26-18(29)15(27-33-2)14-10-36-22(24)25-14/h3-6,10,16,20H,7-9H2,1-2H3,(H2,24,25)(H,26,29)/t16-,20+/m1/s1. The molecule has 2 aromatic rings. The van der Waals surface area contributed by atoms with E-state index in [9.17, 15) is 14.4 Å². The number of carbonyl (C=O) groups excluding carboxylic acids is 3. The van der Waals surface area contributed by atoms with Crippen molar-refractivity contribution in [2.24, 2.45) is 5.16 Å². The highest BCUT2D eigenvalue weighted by Gasteiger charge is 2.54. The Morgan fingerprint density at radius 1 is 1.31 bits per heavy atom. The summed E-state index contributed by atoms with van der Waals surface area (Å²) in [4.78, 5) is 49.1. The lowest BCUT2D eigenvalue weighted by atomic mass is 10.0. The number of nitrogens with two attached hydrogens (primary N) is 1. The Labute approximate surface area is 219 Å². The van der Waals surface area contributed by atoms with Gasteiger partial charge in [0.15, 0.2) is 10.8 Å². The molecular formula is C22H22ClN5O6S2. The number of oxime groups is 1. The highest BCUT2D eigenvalue weighted by Crippen LogP contribution is 2.41. The minimum atomic E-state index is -0.887. The number of methoxy groups -OCH3 is 1. The highest BCUT2D eigenvalue weighted by atomic mass is 35.5. The summed E-state index contributed by atoms with van der Waals surface area (Å²) in [5.41, 5.74) is 7.21. The van der Waals surface area contributed by atoms with E-state index < -0.39 is 29.2 Å². The molecule has 3 heterocycles. The molecule has 1 aromatic heterocycles. The Kier molecular flexibility index (Phi) is 8.01. The summed E-state index contributed by atoms with van der Waals surface area (Å²) >= 11 is 8.60. The number of thioether (sulfide) groups is 1. The number of aromatic nitrogens is 1. The molecule has 2 amide bonds. The number of nitrogen functional groups attached to an aromatic ring is 1. The van der Waals surface area contributed by atoms with Crippen LogP contribution in [0.4, 0.5) is 5.13 Å². The summed E-state index contributed by atoms with van der Waals surface area (Å²) in [6, 6.07) is 6.18. The number of carbonyl (C=O) groups is 3. The normalized spacial score (nSPS) is 19.4. The third kappa shape index (κ3) is 5.13. The molecule has 2 aliphatic heterocycles. The van der Waals surface area contributed by atoms with Gasteiger partial charge in [-0.15, -0.1) is 34.7 Å². The van der Waals surface area contributed by atoms with Crippen LogP contribution in [0.2, 0.25) is 0 Å². The average Bonchev–Trinajstić information content (AvgIpc) is 3.33. The molecule has 0 spiro atoms. The van der Waals surface area contributed by atoms with E-state index in [-0.39, 0.29) is 34.7 Å². The number of hydrogen-bond donors (Lipinski definition) is 2. The zero-order valence-corrected chi connectivity index (χ0v) is 21.6. The first-order chi connectivity index (χ1) is 17.4. The maximum Gasteiger partial charge on any atom is 0.355 e. The Morgan fingerprint density at radius 3 is 2.67 bits per heavy atom. The van der Waals surface area contributed by atoms with Crippen molar-refractivity contribution < 1.29 is 28.7 Å². The number of benzene rings is 1. The molecule has 11 nitrogen and oxygen atoms in total. The van der Waals surface area contributed by atoms with Crippen LogP contribution in [0.5, 0.6) is 5.75 Å². The minimum Gasteiger partial charge on any atom is -0.497 e. The second kappa shape index (κ2) is 11.2. The molecule has 36 heavy (non-hydrogen) atoms. The fourth-order valence-corrected chi connectivity index (χ4v) is 5.84. The van der Waals surface area contributed by atoms with Gasteiger partial charge in [-0.1, -0.05) is 17.3 Å². The van der Waals surface area contributed by atoms with Gasteiger partial charge in [-0.05, 0) is 23.3 Å². The number of amides is 2. The van der Waals surface area contributed by atoms with E-state index >= 15 is 0 Å². The van der Waals surface area contributed by atoms with E-state index in [1.54, 1.807) is 36.8 Å². The van der Waals surface area contributed by atoms with Gasteiger partial charge in [0, 0.05) is 17.0 Å². The molecule has 2 aliphatic rings. The Morgan fingerprint density at radius 2 is 2.06 bits per heavy atom. The largest absolute Gasteiger partial charge is 0.497 e. The predicted octanol–water partition coefficient (Wildman–Crippen LogP) is 1.72. The maximum absolute atomic E-state index is 13.1. The first-order valence-corrected chi connectivity index (χ1v) is 13.0. The van der Waals surface area contributed by atoms with E-state index in [0.29, 0.717) is 17.1 Å². The molecule has 4 rings (SSSR count). The van der Waals surface area contributed by atoms with Crippen LogP contribution in [0.3, 0.4) is 0 Å². The number of halogens is 1. The van der Waals surface area contributed by atoms with Gasteiger partial charge in [0.2, 0.25) is 0 Å². The number of nitrogens with zero attached hydrogens (tertiary/aromatic N) is 3. The third-order valence-corrected chi connectivity index (χ3v) is 7.72. The molecular weight excluding hydrogens is 530 g/mol. The molecule has 3 N–H and O–H groups in total. The molecule has 0 saturated carbocycles. The molecule has 14 heteroatoms. The van der Waals surface area contributed by atoms with Gasteiger partial charge < -0.3 is 25.4 Å². The Balaban J connectivity index is 1.46. The van der Waals surface area contributed by atoms with Crippen molar-refractivity contribution in [1.82, 2.24) is 15.2 Å². The third-order valence-electron chi connectivity index (χ3n) is 5.38. The van der Waals surface area contributed by atoms with Crippen LogP contribution in [0.25, 0.3) is 0 Å². The number of rotatable bonds is 9. The van der Waals surface area contributed by atoms with Crippen molar-refractivity contribution in [2.45, 2.75) is 18.0 Å². The minimum absolute atomic E-state index is 0.00944. The van der Waals surface area contributed by atoms with Crippen LogP contribution in [-0.2, 0) is 30.6 Å². The molecule has 0 bridgehead atoms. The van der Waals surface area contributed by atoms with Gasteiger partial charge in [0.25, 0.3) is 11.8 Å². The summed E-state index contributed by atoms with van der Waals surface area (Å²) in [6.45, 7) is 0.00944. The second-order valence-corrected chi connectivity index (χ2v) is 9.83. The zero-order chi connectivity index (χ0) is 25.8. The molecule has 0 aliphatic carbocycles. The summed E-state index contributed by atoms with van der Waals surface area (Å²) in [6.07, 6.45) is 0. The number of hydrogen-bond acceptors (Lipinski definition) is 11. The van der Waals surface area contributed by atoms with Gasteiger partial charge in [-0.2, -0.15) is 0 Å². The summed E-state index contributed by atoms with van der Waals surface area (Å²) in [7, 11) is 2.85. The van der Waals surface area contributed by atoms with E-state index in [1.807, 2.05) is 0 Å². The van der Waals surface area contributed by atoms with Crippen molar-refractivity contribution in [3.8, 4) is 5.75 Å². The Bertz CT molecular complexity index is 1230. The van der Waals surface area contributed by atoms with E-state index in [1.165, 1.54) is 23.8 Å². The van der Waals surface area contributed by atoms with E-state index in [2.05, 4.69) is 15.5 Å². The summed E-state index contributed by atoms with van der Waals surface area (Å²) in [5, 5.41) is 7.70. The average molecular weight is 552 g/mol. The molecule has 1 fully saturated rings.